The van der Waals surface area contributed by atoms with Gasteiger partial charge in [-0.1, -0.05) is 0 Å². The van der Waals surface area contributed by atoms with Gasteiger partial charge in [-0.15, -0.1) is 5.10 Å². The second-order valence-electron chi connectivity index (χ2n) is 6.21. The molecular formula is C19H16F2N8O. The van der Waals surface area contributed by atoms with Crippen molar-refractivity contribution in [3.8, 4) is 28.4 Å². The first kappa shape index (κ1) is 19.2. The van der Waals surface area contributed by atoms with Gasteiger partial charge in [0, 0.05) is 36.8 Å². The van der Waals surface area contributed by atoms with Crippen molar-refractivity contribution in [2.45, 2.75) is 0 Å². The third kappa shape index (κ3) is 3.72. The van der Waals surface area contributed by atoms with Gasteiger partial charge in [-0.3, -0.25) is 0 Å². The molecule has 0 saturated heterocycles. The first-order valence-corrected chi connectivity index (χ1v) is 8.71. The molecule has 1 aromatic carbocycles. The fraction of sp³-hybridized carbons (Fsp3) is 0.105. The molecule has 0 unspecified atom stereocenters. The van der Waals surface area contributed by atoms with Crippen molar-refractivity contribution in [3.05, 3.63) is 54.5 Å². The number of hydrogen-bond donors (Lipinski definition) is 2. The number of aromatic nitrogens is 6. The van der Waals surface area contributed by atoms with Crippen LogP contribution >= 0.6 is 0 Å². The Balaban J connectivity index is 1.62. The Morgan fingerprint density at radius 3 is 2.63 bits per heavy atom. The number of halogens is 2. The van der Waals surface area contributed by atoms with Gasteiger partial charge in [0.15, 0.2) is 5.82 Å². The second kappa shape index (κ2) is 7.70. The third-order valence-corrected chi connectivity index (χ3v) is 4.23. The lowest BCUT2D eigenvalue weighted by molar-refractivity contribution is 0.410. The van der Waals surface area contributed by atoms with Crippen LogP contribution in [-0.2, 0) is 7.05 Å². The van der Waals surface area contributed by atoms with Gasteiger partial charge < -0.3 is 15.8 Å². The Kier molecular flexibility index (Phi) is 4.92. The van der Waals surface area contributed by atoms with E-state index in [1.54, 1.807) is 25.2 Å². The lowest BCUT2D eigenvalue weighted by Crippen LogP contribution is -2.01. The van der Waals surface area contributed by atoms with Crippen molar-refractivity contribution >= 4 is 17.6 Å². The zero-order valence-corrected chi connectivity index (χ0v) is 16.0. The Hall–Kier alpha value is -4.15. The Labute approximate surface area is 169 Å². The molecule has 0 fully saturated rings. The standard InChI is InChI=1S/C19H16F2N8O/c1-29-19(27-17(28-29)12-9-24-16(21)8-15(12)30-2)25-10-3-4-11(13(20)7-10)14-5-6-23-18(22)26-14/h3-9H,1-2H3,(H2,22,23,26)(H,25,27,28). The number of hydrogen-bond acceptors (Lipinski definition) is 8. The zero-order valence-electron chi connectivity index (χ0n) is 16.0. The van der Waals surface area contributed by atoms with Crippen LogP contribution in [0, 0.1) is 11.8 Å². The minimum absolute atomic E-state index is 0.0615. The molecule has 0 amide bonds. The number of ether oxygens (including phenoxy) is 1. The van der Waals surface area contributed by atoms with Crippen molar-refractivity contribution < 1.29 is 13.5 Å². The van der Waals surface area contributed by atoms with Gasteiger partial charge in [0.1, 0.15) is 11.6 Å². The number of nitrogens with zero attached hydrogens (tertiary/aromatic N) is 6. The van der Waals surface area contributed by atoms with Gasteiger partial charge >= 0.3 is 0 Å². The highest BCUT2D eigenvalue weighted by atomic mass is 19.1. The molecule has 0 saturated carbocycles. The monoisotopic (exact) mass is 410 g/mol. The lowest BCUT2D eigenvalue weighted by atomic mass is 10.1. The SMILES string of the molecule is COc1cc(F)ncc1-c1nc(Nc2ccc(-c3ccnc(N)n3)c(F)c2)n(C)n1. The highest BCUT2D eigenvalue weighted by molar-refractivity contribution is 5.67. The molecule has 0 aliphatic heterocycles. The van der Waals surface area contributed by atoms with Crippen LogP contribution < -0.4 is 15.8 Å². The van der Waals surface area contributed by atoms with E-state index in [4.69, 9.17) is 10.5 Å². The number of rotatable bonds is 5. The van der Waals surface area contributed by atoms with E-state index in [2.05, 4.69) is 30.4 Å². The summed E-state index contributed by atoms with van der Waals surface area (Å²) < 4.78 is 34.6. The van der Waals surface area contributed by atoms with Crippen LogP contribution in [0.2, 0.25) is 0 Å². The van der Waals surface area contributed by atoms with E-state index < -0.39 is 11.8 Å². The maximum absolute atomic E-state index is 14.6. The molecule has 0 aliphatic rings. The van der Waals surface area contributed by atoms with Crippen LogP contribution in [0.25, 0.3) is 22.6 Å². The van der Waals surface area contributed by atoms with Gasteiger partial charge in [-0.2, -0.15) is 9.37 Å². The van der Waals surface area contributed by atoms with Crippen LogP contribution in [0.15, 0.2) is 42.7 Å². The van der Waals surface area contributed by atoms with Crippen LogP contribution in [0.4, 0.5) is 26.4 Å². The Bertz CT molecular complexity index is 1230. The molecule has 4 rings (SSSR count). The van der Waals surface area contributed by atoms with Crippen molar-refractivity contribution in [1.82, 2.24) is 29.7 Å². The molecule has 4 aromatic rings. The molecule has 3 heterocycles. The minimum atomic E-state index is -0.675. The summed E-state index contributed by atoms with van der Waals surface area (Å²) in [5.74, 6) is -0.242. The number of methoxy groups -OCH3 is 1. The summed E-state index contributed by atoms with van der Waals surface area (Å²) >= 11 is 0. The van der Waals surface area contributed by atoms with Gasteiger partial charge in [0.05, 0.1) is 18.4 Å². The number of nitrogen functional groups attached to an aromatic ring is 1. The molecule has 30 heavy (non-hydrogen) atoms. The van der Waals surface area contributed by atoms with Gasteiger partial charge in [0.25, 0.3) is 0 Å². The molecular weight excluding hydrogens is 394 g/mol. The maximum atomic E-state index is 14.6. The molecule has 152 valence electrons. The fourth-order valence-electron chi connectivity index (χ4n) is 2.81. The summed E-state index contributed by atoms with van der Waals surface area (Å²) in [6.07, 6.45) is 2.75. The van der Waals surface area contributed by atoms with Crippen LogP contribution in [-0.4, -0.2) is 36.8 Å². The first-order valence-electron chi connectivity index (χ1n) is 8.71. The van der Waals surface area contributed by atoms with Gasteiger partial charge in [0.2, 0.25) is 17.8 Å². The topological polar surface area (TPSA) is 117 Å². The lowest BCUT2D eigenvalue weighted by Gasteiger charge is -2.08. The summed E-state index contributed by atoms with van der Waals surface area (Å²) in [5.41, 5.74) is 7.10. The summed E-state index contributed by atoms with van der Waals surface area (Å²) in [7, 11) is 3.08. The highest BCUT2D eigenvalue weighted by Gasteiger charge is 2.16. The molecule has 0 aliphatic carbocycles. The van der Waals surface area contributed by atoms with Gasteiger partial charge in [-0.05, 0) is 24.3 Å². The summed E-state index contributed by atoms with van der Waals surface area (Å²) in [5, 5.41) is 7.29. The average Bonchev–Trinajstić information content (AvgIpc) is 3.08. The van der Waals surface area contributed by atoms with Crippen molar-refractivity contribution in [3.63, 3.8) is 0 Å². The fourth-order valence-corrected chi connectivity index (χ4v) is 2.81. The minimum Gasteiger partial charge on any atom is -0.496 e. The van der Waals surface area contributed by atoms with E-state index >= 15 is 0 Å². The molecule has 0 bridgehead atoms. The smallest absolute Gasteiger partial charge is 0.225 e. The number of pyridine rings is 1. The molecule has 0 radical (unpaired) electrons. The number of benzene rings is 1. The largest absolute Gasteiger partial charge is 0.496 e. The number of anilines is 3. The predicted molar refractivity (Wildman–Crippen MR) is 106 cm³/mol. The van der Waals surface area contributed by atoms with Gasteiger partial charge in [-0.25, -0.2) is 24.0 Å². The van der Waals surface area contributed by atoms with E-state index in [-0.39, 0.29) is 23.1 Å². The third-order valence-electron chi connectivity index (χ3n) is 4.23. The number of nitrogens with two attached hydrogens (primary N) is 1. The zero-order chi connectivity index (χ0) is 21.3. The van der Waals surface area contributed by atoms with E-state index in [0.717, 1.165) is 6.07 Å². The van der Waals surface area contributed by atoms with Crippen LogP contribution in [0.3, 0.4) is 0 Å². The molecule has 9 nitrogen and oxygen atoms in total. The predicted octanol–water partition coefficient (Wildman–Crippen LogP) is 2.95. The van der Waals surface area contributed by atoms with Crippen molar-refractivity contribution in [1.29, 1.82) is 0 Å². The summed E-state index contributed by atoms with van der Waals surface area (Å²) in [6, 6.07) is 7.27. The molecule has 3 N–H and O–H groups in total. The first-order chi connectivity index (χ1) is 14.4. The normalized spacial score (nSPS) is 10.8. The van der Waals surface area contributed by atoms with Crippen molar-refractivity contribution in [2.24, 2.45) is 7.05 Å². The maximum Gasteiger partial charge on any atom is 0.225 e. The molecule has 3 aromatic heterocycles. The highest BCUT2D eigenvalue weighted by Crippen LogP contribution is 2.29. The van der Waals surface area contributed by atoms with E-state index in [0.29, 0.717) is 22.9 Å². The Morgan fingerprint density at radius 1 is 1.07 bits per heavy atom. The van der Waals surface area contributed by atoms with Crippen LogP contribution in [0.1, 0.15) is 0 Å². The van der Waals surface area contributed by atoms with Crippen LogP contribution in [0.5, 0.6) is 5.75 Å². The van der Waals surface area contributed by atoms with Crippen molar-refractivity contribution in [2.75, 3.05) is 18.2 Å². The second-order valence-corrected chi connectivity index (χ2v) is 6.21. The van der Waals surface area contributed by atoms with E-state index in [1.807, 2.05) is 0 Å². The Morgan fingerprint density at radius 2 is 1.90 bits per heavy atom. The molecule has 11 heteroatoms. The van der Waals surface area contributed by atoms with E-state index in [9.17, 15) is 8.78 Å². The van der Waals surface area contributed by atoms with E-state index in [1.165, 1.54) is 30.3 Å². The summed E-state index contributed by atoms with van der Waals surface area (Å²) in [4.78, 5) is 15.8. The summed E-state index contributed by atoms with van der Waals surface area (Å²) in [6.45, 7) is 0. The molecule has 0 atom stereocenters. The quantitative estimate of drug-likeness (QED) is 0.483. The number of nitrogens with one attached hydrogen (secondary N) is 1. The molecule has 0 spiro atoms. The average molecular weight is 410 g/mol. The number of aryl methyl sites for hydroxylation is 1.